The van der Waals surface area contributed by atoms with Crippen LogP contribution in [0.5, 0.6) is 0 Å². The number of nitrogens with zero attached hydrogens (tertiary/aromatic N) is 5. The Morgan fingerprint density at radius 2 is 2.07 bits per heavy atom. The molecule has 0 aromatic carbocycles. The number of amides is 2. The quantitative estimate of drug-likeness (QED) is 0.710. The molecule has 8 nitrogen and oxygen atoms in total. The van der Waals surface area contributed by atoms with Crippen LogP contribution in [-0.4, -0.2) is 62.4 Å². The standard InChI is InChI=1S/C21H29N5O3/c1-15(2)13-20-23-19(24-29-20)8-12-26(16(3)27)18-5-4-11-25(14-18)21(28)17-6-9-22-10-7-17/h6-7,9-10,15,18H,4-5,8,11-14H2,1-3H3. The summed E-state index contributed by atoms with van der Waals surface area (Å²) in [7, 11) is 0. The van der Waals surface area contributed by atoms with Crippen LogP contribution in [0.3, 0.4) is 0 Å². The fourth-order valence-corrected chi connectivity index (χ4v) is 3.71. The van der Waals surface area contributed by atoms with Gasteiger partial charge in [-0.05, 0) is 30.9 Å². The zero-order valence-corrected chi connectivity index (χ0v) is 17.4. The number of carbonyl (C=O) groups is 2. The molecule has 0 radical (unpaired) electrons. The van der Waals surface area contributed by atoms with Gasteiger partial charge in [0.05, 0.1) is 0 Å². The Kier molecular flexibility index (Phi) is 6.95. The molecule has 8 heteroatoms. The third kappa shape index (κ3) is 5.62. The Bertz CT molecular complexity index is 821. The van der Waals surface area contributed by atoms with Crippen LogP contribution in [-0.2, 0) is 17.6 Å². The van der Waals surface area contributed by atoms with E-state index < -0.39 is 0 Å². The fourth-order valence-electron chi connectivity index (χ4n) is 3.71. The molecule has 1 unspecified atom stereocenters. The van der Waals surface area contributed by atoms with E-state index >= 15 is 0 Å². The molecule has 1 fully saturated rings. The lowest BCUT2D eigenvalue weighted by Gasteiger charge is -2.39. The van der Waals surface area contributed by atoms with Gasteiger partial charge in [-0.2, -0.15) is 4.98 Å². The first-order chi connectivity index (χ1) is 13.9. The summed E-state index contributed by atoms with van der Waals surface area (Å²) < 4.78 is 5.29. The molecular weight excluding hydrogens is 370 g/mol. The number of likely N-dealkylation sites (tertiary alicyclic amines) is 1. The molecule has 0 aliphatic carbocycles. The zero-order chi connectivity index (χ0) is 20.8. The average Bonchev–Trinajstić information content (AvgIpc) is 3.14. The lowest BCUT2D eigenvalue weighted by molar-refractivity contribution is -0.132. The molecule has 2 aromatic rings. The Balaban J connectivity index is 1.61. The van der Waals surface area contributed by atoms with Crippen LogP contribution in [0.4, 0.5) is 0 Å². The van der Waals surface area contributed by atoms with Crippen LogP contribution in [0, 0.1) is 5.92 Å². The van der Waals surface area contributed by atoms with Crippen molar-refractivity contribution in [2.24, 2.45) is 5.92 Å². The molecule has 1 aliphatic heterocycles. The number of aromatic nitrogens is 3. The normalized spacial score (nSPS) is 16.8. The molecule has 156 valence electrons. The van der Waals surface area contributed by atoms with Gasteiger partial charge in [-0.15, -0.1) is 0 Å². The summed E-state index contributed by atoms with van der Waals surface area (Å²) in [5.74, 6) is 1.68. The summed E-state index contributed by atoms with van der Waals surface area (Å²) in [5, 5.41) is 4.03. The lowest BCUT2D eigenvalue weighted by Crippen LogP contribution is -2.51. The highest BCUT2D eigenvalue weighted by molar-refractivity contribution is 5.94. The Labute approximate surface area is 171 Å². The molecule has 0 N–H and O–H groups in total. The van der Waals surface area contributed by atoms with E-state index in [1.165, 1.54) is 0 Å². The fraction of sp³-hybridized carbons (Fsp3) is 0.571. The van der Waals surface area contributed by atoms with Crippen molar-refractivity contribution in [3.05, 3.63) is 41.8 Å². The summed E-state index contributed by atoms with van der Waals surface area (Å²) in [6.45, 7) is 7.52. The molecule has 1 atom stereocenters. The molecule has 0 spiro atoms. The second kappa shape index (κ2) is 9.62. The summed E-state index contributed by atoms with van der Waals surface area (Å²) in [6, 6.07) is 3.44. The van der Waals surface area contributed by atoms with Crippen molar-refractivity contribution in [3.63, 3.8) is 0 Å². The van der Waals surface area contributed by atoms with Crippen LogP contribution >= 0.6 is 0 Å². The predicted molar refractivity (Wildman–Crippen MR) is 107 cm³/mol. The molecule has 1 saturated heterocycles. The summed E-state index contributed by atoms with van der Waals surface area (Å²) in [4.78, 5) is 37.1. The molecule has 0 bridgehead atoms. The second-order valence-electron chi connectivity index (χ2n) is 7.95. The van der Waals surface area contributed by atoms with Crippen LogP contribution in [0.1, 0.15) is 55.7 Å². The number of rotatable bonds is 7. The summed E-state index contributed by atoms with van der Waals surface area (Å²) in [5.41, 5.74) is 0.625. The Morgan fingerprint density at radius 3 is 2.76 bits per heavy atom. The first kappa shape index (κ1) is 21.0. The van der Waals surface area contributed by atoms with Crippen LogP contribution in [0.15, 0.2) is 29.0 Å². The van der Waals surface area contributed by atoms with E-state index in [0.717, 1.165) is 19.3 Å². The SMILES string of the molecule is CC(=O)N(CCc1noc(CC(C)C)n1)C1CCCN(C(=O)c2ccncc2)C1. The largest absolute Gasteiger partial charge is 0.339 e. The van der Waals surface area contributed by atoms with Gasteiger partial charge in [0.15, 0.2) is 5.82 Å². The molecule has 3 heterocycles. The van der Waals surface area contributed by atoms with Gasteiger partial charge < -0.3 is 14.3 Å². The molecule has 2 amide bonds. The highest BCUT2D eigenvalue weighted by atomic mass is 16.5. The molecule has 29 heavy (non-hydrogen) atoms. The summed E-state index contributed by atoms with van der Waals surface area (Å²) >= 11 is 0. The predicted octanol–water partition coefficient (Wildman–Crippen LogP) is 2.36. The van der Waals surface area contributed by atoms with Crippen molar-refractivity contribution in [3.8, 4) is 0 Å². The average molecular weight is 399 g/mol. The number of hydrogen-bond acceptors (Lipinski definition) is 6. The van der Waals surface area contributed by atoms with E-state index in [-0.39, 0.29) is 17.9 Å². The van der Waals surface area contributed by atoms with Gasteiger partial charge in [-0.25, -0.2) is 0 Å². The topological polar surface area (TPSA) is 92.4 Å². The zero-order valence-electron chi connectivity index (χ0n) is 17.4. The minimum Gasteiger partial charge on any atom is -0.339 e. The third-order valence-corrected chi connectivity index (χ3v) is 5.13. The number of carbonyl (C=O) groups excluding carboxylic acids is 2. The summed E-state index contributed by atoms with van der Waals surface area (Å²) in [6.07, 6.45) is 6.27. The van der Waals surface area contributed by atoms with Gasteiger partial charge in [-0.1, -0.05) is 19.0 Å². The lowest BCUT2D eigenvalue weighted by atomic mass is 10.0. The first-order valence-electron chi connectivity index (χ1n) is 10.2. The van der Waals surface area contributed by atoms with Crippen molar-refractivity contribution < 1.29 is 14.1 Å². The highest BCUT2D eigenvalue weighted by Crippen LogP contribution is 2.19. The van der Waals surface area contributed by atoms with E-state index in [4.69, 9.17) is 4.52 Å². The van der Waals surface area contributed by atoms with Crippen LogP contribution < -0.4 is 0 Å². The van der Waals surface area contributed by atoms with Crippen molar-refractivity contribution in [2.45, 2.75) is 52.5 Å². The Hall–Kier alpha value is -2.77. The smallest absolute Gasteiger partial charge is 0.254 e. The molecular formula is C21H29N5O3. The maximum absolute atomic E-state index is 12.8. The maximum Gasteiger partial charge on any atom is 0.254 e. The van der Waals surface area contributed by atoms with E-state index in [1.54, 1.807) is 31.5 Å². The van der Waals surface area contributed by atoms with Crippen molar-refractivity contribution in [2.75, 3.05) is 19.6 Å². The van der Waals surface area contributed by atoms with Crippen LogP contribution in [0.25, 0.3) is 0 Å². The highest BCUT2D eigenvalue weighted by Gasteiger charge is 2.30. The monoisotopic (exact) mass is 399 g/mol. The molecule has 2 aromatic heterocycles. The molecule has 0 saturated carbocycles. The number of hydrogen-bond donors (Lipinski definition) is 0. The minimum absolute atomic E-state index is 0.000825. The number of piperidine rings is 1. The van der Waals surface area contributed by atoms with Gasteiger partial charge in [0.1, 0.15) is 0 Å². The minimum atomic E-state index is -0.0166. The van der Waals surface area contributed by atoms with Crippen molar-refractivity contribution in [1.82, 2.24) is 24.9 Å². The van der Waals surface area contributed by atoms with Gasteiger partial charge in [0.2, 0.25) is 11.8 Å². The van der Waals surface area contributed by atoms with E-state index in [0.29, 0.717) is 49.3 Å². The van der Waals surface area contributed by atoms with E-state index in [2.05, 4.69) is 29.0 Å². The van der Waals surface area contributed by atoms with Gasteiger partial charge in [0, 0.05) is 63.4 Å². The third-order valence-electron chi connectivity index (χ3n) is 5.13. The molecule has 1 aliphatic rings. The second-order valence-corrected chi connectivity index (χ2v) is 7.95. The Morgan fingerprint density at radius 1 is 1.31 bits per heavy atom. The van der Waals surface area contributed by atoms with Gasteiger partial charge in [0.25, 0.3) is 5.91 Å². The number of pyridine rings is 1. The van der Waals surface area contributed by atoms with Gasteiger partial charge >= 0.3 is 0 Å². The van der Waals surface area contributed by atoms with Gasteiger partial charge in [-0.3, -0.25) is 14.6 Å². The van der Waals surface area contributed by atoms with E-state index in [1.807, 2.05) is 9.80 Å². The molecule has 3 rings (SSSR count). The van der Waals surface area contributed by atoms with Crippen molar-refractivity contribution >= 4 is 11.8 Å². The van der Waals surface area contributed by atoms with Crippen molar-refractivity contribution in [1.29, 1.82) is 0 Å². The first-order valence-corrected chi connectivity index (χ1v) is 10.2. The maximum atomic E-state index is 12.8. The van der Waals surface area contributed by atoms with Crippen LogP contribution in [0.2, 0.25) is 0 Å². The van der Waals surface area contributed by atoms with E-state index in [9.17, 15) is 9.59 Å².